The summed E-state index contributed by atoms with van der Waals surface area (Å²) in [5.74, 6) is -0.0110. The summed E-state index contributed by atoms with van der Waals surface area (Å²) < 4.78 is 0. The molecular weight excluding hydrogens is 232 g/mol. The van der Waals surface area contributed by atoms with E-state index >= 15 is 0 Å². The molecule has 0 spiro atoms. The van der Waals surface area contributed by atoms with Gasteiger partial charge in [-0.25, -0.2) is 0 Å². The molecule has 2 fully saturated rings. The van der Waals surface area contributed by atoms with Gasteiger partial charge in [0, 0.05) is 32.2 Å². The fourth-order valence-electron chi connectivity index (χ4n) is 2.52. The Morgan fingerprint density at radius 3 is 2.72 bits per heavy atom. The van der Waals surface area contributed by atoms with Gasteiger partial charge in [0.2, 0.25) is 11.8 Å². The first kappa shape index (κ1) is 13.3. The zero-order valence-electron chi connectivity index (χ0n) is 10.9. The zero-order valence-corrected chi connectivity index (χ0v) is 10.9. The Hall–Kier alpha value is -1.14. The van der Waals surface area contributed by atoms with Gasteiger partial charge in [-0.1, -0.05) is 0 Å². The van der Waals surface area contributed by atoms with E-state index in [4.69, 9.17) is 5.73 Å². The lowest BCUT2D eigenvalue weighted by Gasteiger charge is -2.36. The van der Waals surface area contributed by atoms with E-state index in [9.17, 15) is 9.59 Å². The minimum Gasteiger partial charge on any atom is -0.353 e. The van der Waals surface area contributed by atoms with Gasteiger partial charge in [-0.3, -0.25) is 14.5 Å². The van der Waals surface area contributed by atoms with Gasteiger partial charge in [0.1, 0.15) is 6.04 Å². The van der Waals surface area contributed by atoms with E-state index in [1.165, 1.54) is 0 Å². The summed E-state index contributed by atoms with van der Waals surface area (Å²) in [4.78, 5) is 27.5. The molecule has 0 aliphatic carbocycles. The van der Waals surface area contributed by atoms with Gasteiger partial charge in [0.15, 0.2) is 0 Å². The molecule has 2 rings (SSSR count). The second-order valence-corrected chi connectivity index (χ2v) is 5.17. The van der Waals surface area contributed by atoms with Crippen molar-refractivity contribution in [2.75, 3.05) is 32.7 Å². The Morgan fingerprint density at radius 2 is 2.06 bits per heavy atom. The maximum Gasteiger partial charge on any atom is 0.242 e. The number of nitrogens with two attached hydrogens (primary N) is 1. The highest BCUT2D eigenvalue weighted by atomic mass is 16.2. The van der Waals surface area contributed by atoms with Crippen LogP contribution >= 0.6 is 0 Å². The molecule has 6 heteroatoms. The average molecular weight is 254 g/mol. The summed E-state index contributed by atoms with van der Waals surface area (Å²) in [5.41, 5.74) is 5.84. The summed E-state index contributed by atoms with van der Waals surface area (Å²) in [5, 5.41) is 2.76. The molecule has 0 aromatic heterocycles. The third kappa shape index (κ3) is 3.00. The molecule has 1 atom stereocenters. The normalized spacial score (nSPS) is 27.1. The van der Waals surface area contributed by atoms with Gasteiger partial charge >= 0.3 is 0 Å². The smallest absolute Gasteiger partial charge is 0.242 e. The molecule has 102 valence electrons. The van der Waals surface area contributed by atoms with Crippen LogP contribution in [0.25, 0.3) is 0 Å². The van der Waals surface area contributed by atoms with Crippen LogP contribution in [0.3, 0.4) is 0 Å². The van der Waals surface area contributed by atoms with Crippen molar-refractivity contribution in [2.45, 2.75) is 31.8 Å². The summed E-state index contributed by atoms with van der Waals surface area (Å²) >= 11 is 0. The highest BCUT2D eigenvalue weighted by Gasteiger charge is 2.30. The maximum absolute atomic E-state index is 12.2. The number of carbonyl (C=O) groups is 2. The summed E-state index contributed by atoms with van der Waals surface area (Å²) in [6, 6.07) is -0.0747. The molecule has 0 aromatic rings. The van der Waals surface area contributed by atoms with Crippen LogP contribution in [0.15, 0.2) is 0 Å². The first-order valence-corrected chi connectivity index (χ1v) is 6.63. The van der Waals surface area contributed by atoms with Gasteiger partial charge in [0.25, 0.3) is 0 Å². The number of nitrogens with one attached hydrogen (secondary N) is 1. The van der Waals surface area contributed by atoms with E-state index in [2.05, 4.69) is 10.2 Å². The number of piperazine rings is 1. The van der Waals surface area contributed by atoms with Crippen molar-refractivity contribution in [1.29, 1.82) is 0 Å². The summed E-state index contributed by atoms with van der Waals surface area (Å²) in [7, 11) is 0. The molecule has 6 nitrogen and oxygen atoms in total. The molecule has 1 unspecified atom stereocenters. The number of likely N-dealkylation sites (tertiary alicyclic amines) is 1. The fourth-order valence-corrected chi connectivity index (χ4v) is 2.52. The largest absolute Gasteiger partial charge is 0.353 e. The van der Waals surface area contributed by atoms with E-state index in [1.807, 2.05) is 0 Å². The Kier molecular flexibility index (Phi) is 4.19. The van der Waals surface area contributed by atoms with Crippen molar-refractivity contribution in [3.05, 3.63) is 0 Å². The Labute approximate surface area is 107 Å². The first-order chi connectivity index (χ1) is 8.58. The maximum atomic E-state index is 12.2. The van der Waals surface area contributed by atoms with Gasteiger partial charge in [0.05, 0.1) is 6.54 Å². The van der Waals surface area contributed by atoms with E-state index in [0.717, 1.165) is 25.9 Å². The molecule has 3 N–H and O–H groups in total. The number of amides is 2. The molecule has 0 saturated carbocycles. The second-order valence-electron chi connectivity index (χ2n) is 5.17. The van der Waals surface area contributed by atoms with E-state index in [0.29, 0.717) is 19.6 Å². The fraction of sp³-hybridized carbons (Fsp3) is 0.833. The van der Waals surface area contributed by atoms with Crippen LogP contribution < -0.4 is 11.1 Å². The Bertz CT molecular complexity index is 326. The molecule has 2 aliphatic rings. The van der Waals surface area contributed by atoms with Crippen LogP contribution in [0.5, 0.6) is 0 Å². The summed E-state index contributed by atoms with van der Waals surface area (Å²) in [6.45, 7) is 5.10. The highest BCUT2D eigenvalue weighted by Crippen LogP contribution is 2.10. The molecule has 2 heterocycles. The molecule has 2 saturated heterocycles. The van der Waals surface area contributed by atoms with E-state index in [-0.39, 0.29) is 23.9 Å². The zero-order chi connectivity index (χ0) is 13.1. The van der Waals surface area contributed by atoms with Crippen LogP contribution in [-0.4, -0.2) is 66.4 Å². The quantitative estimate of drug-likeness (QED) is 0.646. The van der Waals surface area contributed by atoms with Crippen LogP contribution in [-0.2, 0) is 9.59 Å². The number of hydrogen-bond donors (Lipinski definition) is 2. The minimum atomic E-state index is -0.349. The summed E-state index contributed by atoms with van der Waals surface area (Å²) in [6.07, 6.45) is 1.90. The van der Waals surface area contributed by atoms with E-state index < -0.39 is 0 Å². The minimum absolute atomic E-state index is 0.0489. The number of hydrogen-bond acceptors (Lipinski definition) is 4. The molecule has 2 aliphatic heterocycles. The lowest BCUT2D eigenvalue weighted by Crippen LogP contribution is -2.58. The van der Waals surface area contributed by atoms with Gasteiger partial charge < -0.3 is 16.0 Å². The van der Waals surface area contributed by atoms with E-state index in [1.54, 1.807) is 11.8 Å². The highest BCUT2D eigenvalue weighted by molar-refractivity contribution is 5.89. The van der Waals surface area contributed by atoms with Crippen LogP contribution in [0.1, 0.15) is 19.8 Å². The molecule has 0 aromatic carbocycles. The molecule has 0 bridgehead atoms. The lowest BCUT2D eigenvalue weighted by atomic mass is 10.1. The lowest BCUT2D eigenvalue weighted by molar-refractivity contribution is -0.143. The predicted molar refractivity (Wildman–Crippen MR) is 67.8 cm³/mol. The predicted octanol–water partition coefficient (Wildman–Crippen LogP) is -1.24. The molecule has 0 radical (unpaired) electrons. The third-order valence-electron chi connectivity index (χ3n) is 3.81. The monoisotopic (exact) mass is 254 g/mol. The number of nitrogens with zero attached hydrogens (tertiary/aromatic N) is 2. The van der Waals surface area contributed by atoms with Crippen LogP contribution in [0.2, 0.25) is 0 Å². The average Bonchev–Trinajstić information content (AvgIpc) is 2.35. The van der Waals surface area contributed by atoms with Crippen molar-refractivity contribution in [2.24, 2.45) is 5.73 Å². The van der Waals surface area contributed by atoms with Gasteiger partial charge in [-0.2, -0.15) is 0 Å². The van der Waals surface area contributed by atoms with Gasteiger partial charge in [-0.15, -0.1) is 0 Å². The standard InChI is InChI=1S/C12H22N4O2/c1-9-12(18)14-4-7-16(9)11(17)8-15-5-2-10(13)3-6-15/h9-10H,2-8,13H2,1H3,(H,14,18). The Morgan fingerprint density at radius 1 is 1.39 bits per heavy atom. The van der Waals surface area contributed by atoms with Gasteiger partial charge in [-0.05, 0) is 19.8 Å². The van der Waals surface area contributed by atoms with Crippen molar-refractivity contribution < 1.29 is 9.59 Å². The SMILES string of the molecule is CC1C(=O)NCCN1C(=O)CN1CCC(N)CC1. The molecule has 2 amide bonds. The van der Waals surface area contributed by atoms with Crippen molar-refractivity contribution in [3.63, 3.8) is 0 Å². The number of rotatable bonds is 2. The topological polar surface area (TPSA) is 78.7 Å². The Balaban J connectivity index is 1.85. The first-order valence-electron chi connectivity index (χ1n) is 6.63. The number of carbonyl (C=O) groups excluding carboxylic acids is 2. The van der Waals surface area contributed by atoms with Crippen molar-refractivity contribution in [3.8, 4) is 0 Å². The van der Waals surface area contributed by atoms with Crippen LogP contribution in [0, 0.1) is 0 Å². The second kappa shape index (κ2) is 5.67. The molecule has 18 heavy (non-hydrogen) atoms. The van der Waals surface area contributed by atoms with Crippen molar-refractivity contribution >= 4 is 11.8 Å². The third-order valence-corrected chi connectivity index (χ3v) is 3.81. The van der Waals surface area contributed by atoms with Crippen molar-refractivity contribution in [1.82, 2.24) is 15.1 Å². The number of piperidine rings is 1. The van der Waals surface area contributed by atoms with Crippen LogP contribution in [0.4, 0.5) is 0 Å². The molecular formula is C12H22N4O2.